The highest BCUT2D eigenvalue weighted by Gasteiger charge is 2.36. The molecule has 0 aliphatic carbocycles. The zero-order valence-electron chi connectivity index (χ0n) is 17.6. The summed E-state index contributed by atoms with van der Waals surface area (Å²) in [5.41, 5.74) is 2.96. The van der Waals surface area contributed by atoms with Gasteiger partial charge in [-0.05, 0) is 37.1 Å². The maximum Gasteiger partial charge on any atom is 0.336 e. The number of carbonyl (C=O) groups is 1. The van der Waals surface area contributed by atoms with Gasteiger partial charge in [0.05, 0.1) is 23.7 Å². The van der Waals surface area contributed by atoms with Crippen LogP contribution in [0.15, 0.2) is 75.8 Å². The Bertz CT molecular complexity index is 1220. The molecule has 1 atom stereocenters. The molecule has 2 aromatic carbocycles. The van der Waals surface area contributed by atoms with Gasteiger partial charge in [-0.25, -0.2) is 9.78 Å². The summed E-state index contributed by atoms with van der Waals surface area (Å²) in [5, 5.41) is 4.23. The van der Waals surface area contributed by atoms with E-state index in [0.717, 1.165) is 11.1 Å². The van der Waals surface area contributed by atoms with E-state index in [-0.39, 0.29) is 12.2 Å². The highest BCUT2D eigenvalue weighted by molar-refractivity contribution is 7.98. The first-order valence-electron chi connectivity index (χ1n) is 10.2. The highest BCUT2D eigenvalue weighted by atomic mass is 35.5. The van der Waals surface area contributed by atoms with E-state index in [0.29, 0.717) is 38.6 Å². The first-order chi connectivity index (χ1) is 15.5. The Labute approximate surface area is 195 Å². The Morgan fingerprint density at radius 3 is 2.56 bits per heavy atom. The van der Waals surface area contributed by atoms with Crippen molar-refractivity contribution in [3.05, 3.63) is 97.9 Å². The second kappa shape index (κ2) is 9.63. The average Bonchev–Trinajstić information content (AvgIpc) is 2.78. The third kappa shape index (κ3) is 4.59. The molecule has 2 N–H and O–H groups in total. The van der Waals surface area contributed by atoms with E-state index in [9.17, 15) is 9.59 Å². The van der Waals surface area contributed by atoms with Crippen LogP contribution in [-0.4, -0.2) is 22.5 Å². The van der Waals surface area contributed by atoms with Crippen LogP contribution < -0.4 is 10.9 Å². The molecule has 0 fully saturated rings. The molecule has 0 amide bonds. The number of thioether (sulfide) groups is 1. The van der Waals surface area contributed by atoms with Crippen LogP contribution in [0, 0.1) is 0 Å². The number of nitrogens with zero attached hydrogens (tertiary/aromatic N) is 1. The predicted molar refractivity (Wildman–Crippen MR) is 127 cm³/mol. The van der Waals surface area contributed by atoms with Crippen molar-refractivity contribution in [1.29, 1.82) is 0 Å². The minimum absolute atomic E-state index is 0.236. The van der Waals surface area contributed by atoms with Gasteiger partial charge < -0.3 is 15.0 Å². The number of ether oxygens (including phenoxy) is 1. The number of halogens is 1. The van der Waals surface area contributed by atoms with Crippen LogP contribution in [0.3, 0.4) is 0 Å². The largest absolute Gasteiger partial charge is 0.463 e. The maximum atomic E-state index is 13.2. The summed E-state index contributed by atoms with van der Waals surface area (Å²) < 4.78 is 5.29. The average molecular weight is 468 g/mol. The number of hydrogen-bond acceptors (Lipinski definition) is 6. The Balaban J connectivity index is 1.76. The summed E-state index contributed by atoms with van der Waals surface area (Å²) in [4.78, 5) is 33.6. The first kappa shape index (κ1) is 22.2. The number of benzene rings is 2. The van der Waals surface area contributed by atoms with E-state index in [1.54, 1.807) is 26.0 Å². The van der Waals surface area contributed by atoms with Crippen molar-refractivity contribution in [1.82, 2.24) is 9.97 Å². The van der Waals surface area contributed by atoms with E-state index >= 15 is 0 Å². The lowest BCUT2D eigenvalue weighted by Gasteiger charge is -2.28. The molecule has 2 heterocycles. The molecule has 1 aliphatic rings. The zero-order chi connectivity index (χ0) is 22.7. The smallest absolute Gasteiger partial charge is 0.336 e. The number of fused-ring (bicyclic) bond motifs is 1. The zero-order valence-corrected chi connectivity index (χ0v) is 19.2. The molecule has 0 saturated carbocycles. The molecular weight excluding hydrogens is 446 g/mol. The number of hydrogen-bond donors (Lipinski definition) is 2. The van der Waals surface area contributed by atoms with Crippen molar-refractivity contribution in [2.75, 3.05) is 11.9 Å². The third-order valence-corrected chi connectivity index (χ3v) is 6.33. The molecule has 1 aliphatic heterocycles. The molecule has 164 valence electrons. The summed E-state index contributed by atoms with van der Waals surface area (Å²) in [6.07, 6.45) is 0. The van der Waals surface area contributed by atoms with Gasteiger partial charge in [0.1, 0.15) is 5.82 Å². The van der Waals surface area contributed by atoms with Gasteiger partial charge in [-0.15, -0.1) is 0 Å². The van der Waals surface area contributed by atoms with Gasteiger partial charge in [-0.2, -0.15) is 0 Å². The molecule has 8 heteroatoms. The second-order valence-electron chi connectivity index (χ2n) is 7.28. The molecule has 1 unspecified atom stereocenters. The molecule has 0 saturated heterocycles. The fraction of sp³-hybridized carbons (Fsp3) is 0.208. The summed E-state index contributed by atoms with van der Waals surface area (Å²) in [5.74, 6) is 0.0262. The molecular formula is C24H22ClN3O3S. The lowest BCUT2D eigenvalue weighted by molar-refractivity contribution is -0.138. The number of carbonyl (C=O) groups excluding carboxylic acids is 1. The van der Waals surface area contributed by atoms with Crippen LogP contribution in [0.2, 0.25) is 5.02 Å². The molecule has 3 aromatic rings. The molecule has 1 aromatic heterocycles. The summed E-state index contributed by atoms with van der Waals surface area (Å²) >= 11 is 7.51. The number of anilines is 1. The van der Waals surface area contributed by atoms with Crippen molar-refractivity contribution in [2.45, 2.75) is 30.7 Å². The number of rotatable bonds is 6. The summed E-state index contributed by atoms with van der Waals surface area (Å²) in [7, 11) is 0. The van der Waals surface area contributed by atoms with E-state index in [4.69, 9.17) is 16.3 Å². The van der Waals surface area contributed by atoms with Crippen LogP contribution in [-0.2, 0) is 15.3 Å². The van der Waals surface area contributed by atoms with Crippen molar-refractivity contribution < 1.29 is 9.53 Å². The Morgan fingerprint density at radius 2 is 1.88 bits per heavy atom. The monoisotopic (exact) mass is 467 g/mol. The Kier molecular flexibility index (Phi) is 6.67. The first-order valence-corrected chi connectivity index (χ1v) is 11.6. The Hall–Kier alpha value is -3.03. The fourth-order valence-electron chi connectivity index (χ4n) is 3.69. The second-order valence-corrected chi connectivity index (χ2v) is 8.68. The van der Waals surface area contributed by atoms with Gasteiger partial charge >= 0.3 is 5.97 Å². The number of esters is 1. The molecule has 0 radical (unpaired) electrons. The van der Waals surface area contributed by atoms with Gasteiger partial charge in [0.15, 0.2) is 5.16 Å². The minimum Gasteiger partial charge on any atom is -0.463 e. The quantitative estimate of drug-likeness (QED) is 0.298. The van der Waals surface area contributed by atoms with Crippen LogP contribution in [0.5, 0.6) is 0 Å². The summed E-state index contributed by atoms with van der Waals surface area (Å²) in [6, 6.07) is 17.1. The molecule has 0 spiro atoms. The van der Waals surface area contributed by atoms with Gasteiger partial charge in [0.2, 0.25) is 0 Å². The maximum absolute atomic E-state index is 13.2. The number of allylic oxidation sites excluding steroid dienone is 1. The lowest BCUT2D eigenvalue weighted by Crippen LogP contribution is -2.31. The van der Waals surface area contributed by atoms with Crippen LogP contribution in [0.4, 0.5) is 5.82 Å². The summed E-state index contributed by atoms with van der Waals surface area (Å²) in [6.45, 7) is 3.77. The van der Waals surface area contributed by atoms with Gasteiger partial charge in [0.25, 0.3) is 5.56 Å². The van der Waals surface area contributed by atoms with Gasteiger partial charge in [0, 0.05) is 16.5 Å². The van der Waals surface area contributed by atoms with Gasteiger partial charge in [-0.1, -0.05) is 65.8 Å². The minimum atomic E-state index is -0.619. The normalized spacial score (nSPS) is 15.2. The molecule has 0 bridgehead atoms. The third-order valence-electron chi connectivity index (χ3n) is 5.14. The number of aromatic amines is 1. The van der Waals surface area contributed by atoms with Crippen LogP contribution in [0.1, 0.15) is 36.5 Å². The van der Waals surface area contributed by atoms with Crippen LogP contribution >= 0.6 is 23.4 Å². The number of H-pyrrole nitrogens is 1. The Morgan fingerprint density at radius 1 is 1.16 bits per heavy atom. The SMILES string of the molecule is CCOC(=O)C1=C(C)Nc2nc(SCc3ccccc3)[nH]c(=O)c2C1c1ccc(Cl)cc1. The van der Waals surface area contributed by atoms with Gasteiger partial charge in [-0.3, -0.25) is 4.79 Å². The van der Waals surface area contributed by atoms with Crippen molar-refractivity contribution in [3.63, 3.8) is 0 Å². The molecule has 6 nitrogen and oxygen atoms in total. The van der Waals surface area contributed by atoms with E-state index in [1.165, 1.54) is 11.8 Å². The lowest BCUT2D eigenvalue weighted by atomic mass is 9.82. The number of nitrogens with one attached hydrogen (secondary N) is 2. The van der Waals surface area contributed by atoms with E-state index in [1.807, 2.05) is 42.5 Å². The van der Waals surface area contributed by atoms with Crippen molar-refractivity contribution in [3.8, 4) is 0 Å². The number of aromatic nitrogens is 2. The van der Waals surface area contributed by atoms with Crippen molar-refractivity contribution in [2.24, 2.45) is 0 Å². The molecule has 32 heavy (non-hydrogen) atoms. The molecule has 4 rings (SSSR count). The van der Waals surface area contributed by atoms with E-state index < -0.39 is 11.9 Å². The topological polar surface area (TPSA) is 84.1 Å². The standard InChI is InChI=1S/C24H22ClN3O3S/c1-3-31-23(30)18-14(2)26-21-20(19(18)16-9-11-17(25)12-10-16)22(29)28-24(27-21)32-13-15-7-5-4-6-8-15/h4-12,19H,3,13H2,1-2H3,(H2,26,27,28,29). The van der Waals surface area contributed by atoms with Crippen molar-refractivity contribution >= 4 is 35.1 Å². The van der Waals surface area contributed by atoms with Crippen LogP contribution in [0.25, 0.3) is 0 Å². The predicted octanol–water partition coefficient (Wildman–Crippen LogP) is 5.11. The van der Waals surface area contributed by atoms with E-state index in [2.05, 4.69) is 15.3 Å². The highest BCUT2D eigenvalue weighted by Crippen LogP contribution is 2.40. The fourth-order valence-corrected chi connectivity index (χ4v) is 4.64.